The highest BCUT2D eigenvalue weighted by Crippen LogP contribution is 2.32. The number of amides is 1. The normalized spacial score (nSPS) is 26.2. The number of ether oxygens (including phenoxy) is 2. The molecular weight excluding hydrogens is 331 g/mol. The third-order valence-corrected chi connectivity index (χ3v) is 5.18. The summed E-state index contributed by atoms with van der Waals surface area (Å²) in [5, 5.41) is 3.73. The molecule has 4 rings (SSSR count). The van der Waals surface area contributed by atoms with E-state index in [1.165, 1.54) is 29.7 Å². The summed E-state index contributed by atoms with van der Waals surface area (Å²) in [5.74, 6) is -0.572. The van der Waals surface area contributed by atoms with Crippen LogP contribution < -0.4 is 4.74 Å². The topological polar surface area (TPSA) is 51.7 Å². The van der Waals surface area contributed by atoms with Crippen molar-refractivity contribution >= 4 is 17.2 Å². The molecule has 2 aliphatic heterocycles. The lowest BCUT2D eigenvalue weighted by molar-refractivity contribution is -0.0462. The van der Waals surface area contributed by atoms with Gasteiger partial charge in [0.05, 0.1) is 18.2 Å². The average molecular weight is 348 g/mol. The van der Waals surface area contributed by atoms with Gasteiger partial charge in [-0.3, -0.25) is 4.79 Å². The Bertz CT molecular complexity index is 724. The van der Waals surface area contributed by atoms with Crippen LogP contribution in [0, 0.1) is 5.82 Å². The molecule has 7 heteroatoms. The van der Waals surface area contributed by atoms with Crippen LogP contribution in [0.5, 0.6) is 5.88 Å². The fourth-order valence-corrected chi connectivity index (χ4v) is 4.03. The Balaban J connectivity index is 1.57. The molecule has 2 aromatic heterocycles. The Labute approximate surface area is 143 Å². The molecule has 2 saturated heterocycles. The van der Waals surface area contributed by atoms with Gasteiger partial charge in [-0.2, -0.15) is 11.3 Å². The highest BCUT2D eigenvalue weighted by molar-refractivity contribution is 7.08. The second kappa shape index (κ2) is 6.49. The number of carbonyl (C=O) groups excluding carboxylic acids is 1. The highest BCUT2D eigenvalue weighted by atomic mass is 32.1. The Hall–Kier alpha value is -1.99. The second-order valence-corrected chi connectivity index (χ2v) is 6.74. The van der Waals surface area contributed by atoms with Crippen LogP contribution in [0.25, 0.3) is 0 Å². The zero-order valence-electron chi connectivity index (χ0n) is 12.9. The lowest BCUT2D eigenvalue weighted by atomic mass is 10.0. The van der Waals surface area contributed by atoms with E-state index in [0.717, 1.165) is 12.8 Å². The van der Waals surface area contributed by atoms with Crippen molar-refractivity contribution in [1.29, 1.82) is 0 Å². The second-order valence-electron chi connectivity index (χ2n) is 5.96. The predicted molar refractivity (Wildman–Crippen MR) is 86.7 cm³/mol. The smallest absolute Gasteiger partial charge is 0.255 e. The first-order valence-corrected chi connectivity index (χ1v) is 8.90. The average Bonchev–Trinajstić information content (AvgIpc) is 3.25. The minimum atomic E-state index is -0.507. The van der Waals surface area contributed by atoms with Crippen LogP contribution in [-0.4, -0.2) is 47.2 Å². The number of aromatic nitrogens is 1. The molecule has 0 aliphatic carbocycles. The molecule has 1 amide bonds. The SMILES string of the molecule is O=C(c1ccsc1)N1C[C@H](Oc2ncccc2F)[C@H]2OCCC[C@H]21. The Morgan fingerprint density at radius 3 is 3.17 bits per heavy atom. The van der Waals surface area contributed by atoms with E-state index in [1.807, 2.05) is 16.8 Å². The van der Waals surface area contributed by atoms with Gasteiger partial charge in [0.1, 0.15) is 12.2 Å². The fourth-order valence-electron chi connectivity index (χ4n) is 3.40. The highest BCUT2D eigenvalue weighted by Gasteiger charge is 2.47. The van der Waals surface area contributed by atoms with Gasteiger partial charge < -0.3 is 14.4 Å². The molecule has 0 N–H and O–H groups in total. The van der Waals surface area contributed by atoms with Crippen molar-refractivity contribution in [2.75, 3.05) is 13.2 Å². The maximum atomic E-state index is 13.8. The van der Waals surface area contributed by atoms with E-state index >= 15 is 0 Å². The van der Waals surface area contributed by atoms with E-state index in [2.05, 4.69) is 4.98 Å². The Morgan fingerprint density at radius 2 is 2.38 bits per heavy atom. The van der Waals surface area contributed by atoms with Gasteiger partial charge in [-0.15, -0.1) is 0 Å². The molecule has 3 atom stereocenters. The van der Waals surface area contributed by atoms with E-state index in [0.29, 0.717) is 18.7 Å². The lowest BCUT2D eigenvalue weighted by Gasteiger charge is -2.31. The molecule has 2 fully saturated rings. The summed E-state index contributed by atoms with van der Waals surface area (Å²) in [6, 6.07) is 4.61. The first kappa shape index (κ1) is 15.5. The molecule has 0 unspecified atom stereocenters. The summed E-state index contributed by atoms with van der Waals surface area (Å²) < 4.78 is 25.5. The van der Waals surface area contributed by atoms with Gasteiger partial charge in [0.25, 0.3) is 11.8 Å². The number of likely N-dealkylation sites (tertiary alicyclic amines) is 1. The quantitative estimate of drug-likeness (QED) is 0.856. The van der Waals surface area contributed by atoms with Gasteiger partial charge in [-0.05, 0) is 36.4 Å². The van der Waals surface area contributed by atoms with Crippen LogP contribution >= 0.6 is 11.3 Å². The number of carbonyl (C=O) groups is 1. The molecule has 24 heavy (non-hydrogen) atoms. The molecule has 0 saturated carbocycles. The van der Waals surface area contributed by atoms with Gasteiger partial charge in [0, 0.05) is 18.2 Å². The summed E-state index contributed by atoms with van der Waals surface area (Å²) in [4.78, 5) is 18.5. The molecule has 0 spiro atoms. The van der Waals surface area contributed by atoms with Crippen molar-refractivity contribution in [1.82, 2.24) is 9.88 Å². The number of rotatable bonds is 3. The maximum Gasteiger partial charge on any atom is 0.255 e. The Morgan fingerprint density at radius 1 is 1.46 bits per heavy atom. The third-order valence-electron chi connectivity index (χ3n) is 4.49. The van der Waals surface area contributed by atoms with E-state index in [4.69, 9.17) is 9.47 Å². The number of nitrogens with zero attached hydrogens (tertiary/aromatic N) is 2. The number of thiophene rings is 1. The van der Waals surface area contributed by atoms with Crippen LogP contribution in [0.1, 0.15) is 23.2 Å². The first-order valence-electron chi connectivity index (χ1n) is 7.96. The van der Waals surface area contributed by atoms with E-state index in [9.17, 15) is 9.18 Å². The fraction of sp³-hybridized carbons (Fsp3) is 0.412. The standard InChI is InChI=1S/C17H17FN2O3S/c18-12-3-1-6-19-16(12)23-14-9-20(13-4-2-7-22-15(13)14)17(21)11-5-8-24-10-11/h1,3,5-6,8,10,13-15H,2,4,7,9H2/t13-,14+,15+/m1/s1. The third kappa shape index (κ3) is 2.78. The van der Waals surface area contributed by atoms with Crippen molar-refractivity contribution in [3.63, 3.8) is 0 Å². The van der Waals surface area contributed by atoms with Gasteiger partial charge in [-0.25, -0.2) is 9.37 Å². The van der Waals surface area contributed by atoms with Crippen molar-refractivity contribution in [2.45, 2.75) is 31.1 Å². The summed E-state index contributed by atoms with van der Waals surface area (Å²) >= 11 is 1.49. The first-order chi connectivity index (χ1) is 11.7. The molecular formula is C17H17FN2O3S. The van der Waals surface area contributed by atoms with Crippen molar-refractivity contribution in [2.24, 2.45) is 0 Å². The number of halogens is 1. The van der Waals surface area contributed by atoms with Gasteiger partial charge in [0.2, 0.25) is 0 Å². The summed E-state index contributed by atoms with van der Waals surface area (Å²) in [6.45, 7) is 1.01. The molecule has 126 valence electrons. The molecule has 2 aromatic rings. The van der Waals surface area contributed by atoms with Crippen LogP contribution in [0.3, 0.4) is 0 Å². The molecule has 0 radical (unpaired) electrons. The zero-order chi connectivity index (χ0) is 16.5. The van der Waals surface area contributed by atoms with E-state index < -0.39 is 11.9 Å². The lowest BCUT2D eigenvalue weighted by Crippen LogP contribution is -2.44. The minimum absolute atomic E-state index is 0.0238. The van der Waals surface area contributed by atoms with Gasteiger partial charge >= 0.3 is 0 Å². The van der Waals surface area contributed by atoms with Crippen LogP contribution in [-0.2, 0) is 4.74 Å². The number of pyridine rings is 1. The van der Waals surface area contributed by atoms with Gasteiger partial charge in [-0.1, -0.05) is 0 Å². The van der Waals surface area contributed by atoms with Crippen molar-refractivity contribution in [3.05, 3.63) is 46.5 Å². The summed E-state index contributed by atoms with van der Waals surface area (Å²) in [6.07, 6.45) is 2.59. The van der Waals surface area contributed by atoms with Crippen molar-refractivity contribution in [3.8, 4) is 5.88 Å². The monoisotopic (exact) mass is 348 g/mol. The predicted octanol–water partition coefficient (Wildman–Crippen LogP) is 2.73. The molecule has 5 nitrogen and oxygen atoms in total. The van der Waals surface area contributed by atoms with Crippen molar-refractivity contribution < 1.29 is 18.7 Å². The molecule has 4 heterocycles. The van der Waals surface area contributed by atoms with E-state index in [-0.39, 0.29) is 23.9 Å². The summed E-state index contributed by atoms with van der Waals surface area (Å²) in [5.41, 5.74) is 0.675. The Kier molecular flexibility index (Phi) is 4.20. The van der Waals surface area contributed by atoms with Crippen LogP contribution in [0.2, 0.25) is 0 Å². The molecule has 0 aromatic carbocycles. The summed E-state index contributed by atoms with van der Waals surface area (Å²) in [7, 11) is 0. The largest absolute Gasteiger partial charge is 0.468 e. The van der Waals surface area contributed by atoms with E-state index in [1.54, 1.807) is 4.90 Å². The zero-order valence-corrected chi connectivity index (χ0v) is 13.7. The minimum Gasteiger partial charge on any atom is -0.468 e. The number of hydrogen-bond acceptors (Lipinski definition) is 5. The molecule has 2 aliphatic rings. The van der Waals surface area contributed by atoms with Crippen LogP contribution in [0.4, 0.5) is 4.39 Å². The maximum absolute atomic E-state index is 13.8. The van der Waals surface area contributed by atoms with Crippen LogP contribution in [0.15, 0.2) is 35.2 Å². The van der Waals surface area contributed by atoms with Gasteiger partial charge in [0.15, 0.2) is 5.82 Å². The number of fused-ring (bicyclic) bond motifs is 1. The molecule has 0 bridgehead atoms. The number of hydrogen-bond donors (Lipinski definition) is 0.